The molecule has 0 N–H and O–H groups in total. The Morgan fingerprint density at radius 2 is 1.62 bits per heavy atom. The first-order valence-electron chi connectivity index (χ1n) is 7.75. The van der Waals surface area contributed by atoms with Gasteiger partial charge in [0.05, 0.1) is 23.7 Å². The number of rotatable bonds is 5. The Morgan fingerprint density at radius 1 is 1.04 bits per heavy atom. The molecule has 1 heterocycles. The lowest BCUT2D eigenvalue weighted by Gasteiger charge is -2.14. The zero-order valence-corrected chi connectivity index (χ0v) is 13.1. The van der Waals surface area contributed by atoms with Crippen LogP contribution >= 0.6 is 0 Å². The van der Waals surface area contributed by atoms with E-state index in [0.29, 0.717) is 34.6 Å². The third kappa shape index (κ3) is 2.99. The van der Waals surface area contributed by atoms with Crippen molar-refractivity contribution in [1.29, 1.82) is 5.26 Å². The molecule has 0 amide bonds. The number of esters is 1. The van der Waals surface area contributed by atoms with Crippen molar-refractivity contribution >= 4 is 27.8 Å². The molecule has 0 aliphatic carbocycles. The van der Waals surface area contributed by atoms with Crippen LogP contribution in [0.15, 0.2) is 53.3 Å². The number of benzene rings is 2. The van der Waals surface area contributed by atoms with Gasteiger partial charge in [-0.25, -0.2) is 0 Å². The van der Waals surface area contributed by atoms with Gasteiger partial charge in [-0.15, -0.1) is 0 Å². The highest BCUT2D eigenvalue weighted by Gasteiger charge is 2.13. The molecule has 0 saturated carbocycles. The molecule has 24 heavy (non-hydrogen) atoms. The molecule has 0 radical (unpaired) electrons. The Bertz CT molecular complexity index is 939. The minimum absolute atomic E-state index is 0.0217. The molecule has 3 rings (SSSR count). The third-order valence-electron chi connectivity index (χ3n) is 3.86. The molecule has 0 bridgehead atoms. The van der Waals surface area contributed by atoms with Gasteiger partial charge in [0.2, 0.25) is 0 Å². The van der Waals surface area contributed by atoms with Gasteiger partial charge in [-0.2, -0.15) is 5.26 Å². The van der Waals surface area contributed by atoms with Crippen molar-refractivity contribution in [3.05, 3.63) is 58.8 Å². The van der Waals surface area contributed by atoms with Crippen LogP contribution in [0.25, 0.3) is 21.8 Å². The summed E-state index contributed by atoms with van der Waals surface area (Å²) in [4.78, 5) is 24.8. The van der Waals surface area contributed by atoms with Gasteiger partial charge in [-0.3, -0.25) is 9.59 Å². The highest BCUT2D eigenvalue weighted by molar-refractivity contribution is 5.94. The first kappa shape index (κ1) is 15.8. The summed E-state index contributed by atoms with van der Waals surface area (Å²) in [6.07, 6.45) is 0.880. The number of carbonyl (C=O) groups excluding carboxylic acids is 1. The zero-order chi connectivity index (χ0) is 16.9. The number of ether oxygens (including phenoxy) is 1. The molecule has 120 valence electrons. The molecule has 0 unspecified atom stereocenters. The molecule has 0 aliphatic heterocycles. The Hall–Kier alpha value is -3.13. The summed E-state index contributed by atoms with van der Waals surface area (Å²) in [6, 6.07) is 16.5. The SMILES string of the molecule is N#CCCCOC(=O)Cn1c2ccccc2c(=O)c2ccccc21. The number of nitriles is 1. The molecule has 0 saturated heterocycles. The van der Waals surface area contributed by atoms with Crippen LogP contribution in [0.4, 0.5) is 0 Å². The third-order valence-corrected chi connectivity index (χ3v) is 3.86. The number of carbonyl (C=O) groups is 1. The highest BCUT2D eigenvalue weighted by Crippen LogP contribution is 2.19. The Morgan fingerprint density at radius 3 is 2.21 bits per heavy atom. The number of pyridine rings is 1. The smallest absolute Gasteiger partial charge is 0.325 e. The van der Waals surface area contributed by atoms with E-state index in [1.807, 2.05) is 42.5 Å². The van der Waals surface area contributed by atoms with Crippen molar-refractivity contribution in [3.63, 3.8) is 0 Å². The standard InChI is InChI=1S/C19H16N2O3/c20-11-5-6-12-24-18(22)13-21-16-9-3-1-7-14(16)19(23)15-8-2-4-10-17(15)21/h1-4,7-10H,5-6,12-13H2. The number of aromatic nitrogens is 1. The number of unbranched alkanes of at least 4 members (excludes halogenated alkanes) is 1. The predicted octanol–water partition coefficient (Wildman–Crippen LogP) is 3.00. The van der Waals surface area contributed by atoms with Crippen molar-refractivity contribution in [2.45, 2.75) is 19.4 Å². The number of nitrogens with zero attached hydrogens (tertiary/aromatic N) is 2. The fourth-order valence-electron chi connectivity index (χ4n) is 2.76. The van der Waals surface area contributed by atoms with Crippen LogP contribution in [0, 0.1) is 11.3 Å². The second-order valence-corrected chi connectivity index (χ2v) is 5.43. The largest absolute Gasteiger partial charge is 0.464 e. The number of fused-ring (bicyclic) bond motifs is 2. The van der Waals surface area contributed by atoms with E-state index >= 15 is 0 Å². The minimum Gasteiger partial charge on any atom is -0.464 e. The van der Waals surface area contributed by atoms with Gasteiger partial charge in [-0.1, -0.05) is 24.3 Å². The van der Waals surface area contributed by atoms with Crippen LogP contribution in [0.2, 0.25) is 0 Å². The van der Waals surface area contributed by atoms with Crippen molar-refractivity contribution in [2.75, 3.05) is 6.61 Å². The zero-order valence-electron chi connectivity index (χ0n) is 13.1. The van der Waals surface area contributed by atoms with E-state index in [2.05, 4.69) is 0 Å². The van der Waals surface area contributed by atoms with Crippen molar-refractivity contribution in [2.24, 2.45) is 0 Å². The molecule has 3 aromatic rings. The molecule has 5 nitrogen and oxygen atoms in total. The second-order valence-electron chi connectivity index (χ2n) is 5.43. The maximum absolute atomic E-state index is 12.6. The lowest BCUT2D eigenvalue weighted by Crippen LogP contribution is -2.18. The summed E-state index contributed by atoms with van der Waals surface area (Å²) < 4.78 is 6.99. The average Bonchev–Trinajstić information content (AvgIpc) is 2.62. The average molecular weight is 320 g/mol. The van der Waals surface area contributed by atoms with Crippen LogP contribution in [0.5, 0.6) is 0 Å². The van der Waals surface area contributed by atoms with E-state index in [1.165, 1.54) is 0 Å². The monoisotopic (exact) mass is 320 g/mol. The van der Waals surface area contributed by atoms with E-state index in [4.69, 9.17) is 10.00 Å². The van der Waals surface area contributed by atoms with E-state index in [1.54, 1.807) is 16.7 Å². The summed E-state index contributed by atoms with van der Waals surface area (Å²) in [7, 11) is 0. The summed E-state index contributed by atoms with van der Waals surface area (Å²) in [5.74, 6) is -0.383. The van der Waals surface area contributed by atoms with Crippen molar-refractivity contribution in [1.82, 2.24) is 4.57 Å². The summed E-state index contributed by atoms with van der Waals surface area (Å²) in [5, 5.41) is 9.66. The lowest BCUT2D eigenvalue weighted by atomic mass is 10.1. The van der Waals surface area contributed by atoms with Crippen LogP contribution in [0.3, 0.4) is 0 Å². The Kier molecular flexibility index (Phi) is 4.57. The van der Waals surface area contributed by atoms with Gasteiger partial charge < -0.3 is 9.30 Å². The lowest BCUT2D eigenvalue weighted by molar-refractivity contribution is -0.144. The van der Waals surface area contributed by atoms with Crippen LogP contribution < -0.4 is 5.43 Å². The Balaban J connectivity index is 2.02. The van der Waals surface area contributed by atoms with E-state index in [0.717, 1.165) is 0 Å². The number of hydrogen-bond acceptors (Lipinski definition) is 4. The molecule has 5 heteroatoms. The molecule has 1 aromatic heterocycles. The summed E-state index contributed by atoms with van der Waals surface area (Å²) >= 11 is 0. The van der Waals surface area contributed by atoms with Crippen LogP contribution in [-0.4, -0.2) is 17.1 Å². The normalized spacial score (nSPS) is 10.6. The maximum atomic E-state index is 12.6. The molecule has 0 atom stereocenters. The molecule has 2 aromatic carbocycles. The predicted molar refractivity (Wildman–Crippen MR) is 91.5 cm³/mol. The minimum atomic E-state index is -0.383. The fraction of sp³-hybridized carbons (Fsp3) is 0.211. The van der Waals surface area contributed by atoms with E-state index in [-0.39, 0.29) is 24.5 Å². The number of hydrogen-bond donors (Lipinski definition) is 0. The quantitative estimate of drug-likeness (QED) is 0.411. The van der Waals surface area contributed by atoms with Crippen molar-refractivity contribution < 1.29 is 9.53 Å². The molecule has 0 fully saturated rings. The topological polar surface area (TPSA) is 72.1 Å². The second kappa shape index (κ2) is 6.97. The van der Waals surface area contributed by atoms with Crippen molar-refractivity contribution in [3.8, 4) is 6.07 Å². The van der Waals surface area contributed by atoms with Gasteiger partial charge in [0.25, 0.3) is 0 Å². The van der Waals surface area contributed by atoms with Crippen LogP contribution in [-0.2, 0) is 16.1 Å². The fourth-order valence-corrected chi connectivity index (χ4v) is 2.76. The van der Waals surface area contributed by atoms with Gasteiger partial charge in [0.1, 0.15) is 6.54 Å². The summed E-state index contributed by atoms with van der Waals surface area (Å²) in [5.41, 5.74) is 1.37. The van der Waals surface area contributed by atoms with Gasteiger partial charge in [0, 0.05) is 17.2 Å². The molecule has 0 spiro atoms. The van der Waals surface area contributed by atoms with E-state index < -0.39 is 0 Å². The number of para-hydroxylation sites is 2. The summed E-state index contributed by atoms with van der Waals surface area (Å²) in [6.45, 7) is 0.246. The maximum Gasteiger partial charge on any atom is 0.325 e. The van der Waals surface area contributed by atoms with Crippen LogP contribution in [0.1, 0.15) is 12.8 Å². The Labute approximate surface area is 138 Å². The van der Waals surface area contributed by atoms with E-state index in [9.17, 15) is 9.59 Å². The molecular formula is C19H16N2O3. The first-order chi connectivity index (χ1) is 11.7. The molecule has 0 aliphatic rings. The highest BCUT2D eigenvalue weighted by atomic mass is 16.5. The molecular weight excluding hydrogens is 304 g/mol. The van der Waals surface area contributed by atoms with Gasteiger partial charge in [0.15, 0.2) is 5.43 Å². The van der Waals surface area contributed by atoms with Gasteiger partial charge in [-0.05, 0) is 30.7 Å². The van der Waals surface area contributed by atoms with Gasteiger partial charge >= 0.3 is 5.97 Å². The first-order valence-corrected chi connectivity index (χ1v) is 7.75.